The molecule has 0 aromatic heterocycles. The second kappa shape index (κ2) is 8.37. The van der Waals surface area contributed by atoms with Crippen LogP contribution in [0.4, 0.5) is 0 Å². The molecule has 0 aliphatic rings. The Morgan fingerprint density at radius 3 is 2.84 bits per heavy atom. The molecule has 0 radical (unpaired) electrons. The van der Waals surface area contributed by atoms with E-state index in [1.807, 2.05) is 18.2 Å². The Morgan fingerprint density at radius 2 is 2.21 bits per heavy atom. The van der Waals surface area contributed by atoms with Crippen molar-refractivity contribution in [3.8, 4) is 11.5 Å². The quantitative estimate of drug-likeness (QED) is 0.663. The lowest BCUT2D eigenvalue weighted by atomic mass is 10.2. The zero-order valence-corrected chi connectivity index (χ0v) is 11.6. The van der Waals surface area contributed by atoms with Gasteiger partial charge >= 0.3 is 0 Å². The maximum absolute atomic E-state index is 10.7. The minimum Gasteiger partial charge on any atom is -0.497 e. The van der Waals surface area contributed by atoms with Crippen LogP contribution in [0.25, 0.3) is 0 Å². The second-order valence-corrected chi connectivity index (χ2v) is 4.22. The van der Waals surface area contributed by atoms with Crippen LogP contribution in [0.5, 0.6) is 11.5 Å². The van der Waals surface area contributed by atoms with Gasteiger partial charge in [0.25, 0.3) is 0 Å². The van der Waals surface area contributed by atoms with E-state index < -0.39 is 0 Å². The summed E-state index contributed by atoms with van der Waals surface area (Å²) < 4.78 is 10.8. The van der Waals surface area contributed by atoms with E-state index in [4.69, 9.17) is 15.2 Å². The van der Waals surface area contributed by atoms with Crippen molar-refractivity contribution in [1.82, 2.24) is 5.32 Å². The highest BCUT2D eigenvalue weighted by Gasteiger charge is 2.06. The maximum atomic E-state index is 10.7. The minimum atomic E-state index is -0.362. The minimum absolute atomic E-state index is 0.216. The van der Waals surface area contributed by atoms with Gasteiger partial charge in [-0.15, -0.1) is 0 Å². The zero-order valence-electron chi connectivity index (χ0n) is 11.6. The molecule has 1 aromatic carbocycles. The van der Waals surface area contributed by atoms with Gasteiger partial charge in [-0.2, -0.15) is 0 Å². The van der Waals surface area contributed by atoms with Crippen LogP contribution >= 0.6 is 0 Å². The van der Waals surface area contributed by atoms with E-state index in [0.29, 0.717) is 13.2 Å². The van der Waals surface area contributed by atoms with Gasteiger partial charge in [-0.05, 0) is 31.2 Å². The Kier molecular flexibility index (Phi) is 6.74. The maximum Gasteiger partial charge on any atom is 0.220 e. The average Bonchev–Trinajstić information content (AvgIpc) is 2.40. The molecule has 106 valence electrons. The number of carbonyl (C=O) groups is 1. The van der Waals surface area contributed by atoms with Crippen molar-refractivity contribution in [2.75, 3.05) is 20.3 Å². The summed E-state index contributed by atoms with van der Waals surface area (Å²) in [6.07, 6.45) is 1.29. The number of primary amides is 1. The summed E-state index contributed by atoms with van der Waals surface area (Å²) in [5.41, 5.74) is 6.10. The van der Waals surface area contributed by atoms with Crippen molar-refractivity contribution in [2.24, 2.45) is 5.73 Å². The van der Waals surface area contributed by atoms with E-state index in [2.05, 4.69) is 12.2 Å². The molecule has 0 aliphatic heterocycles. The van der Waals surface area contributed by atoms with Gasteiger partial charge in [-0.25, -0.2) is 0 Å². The SMILES string of the molecule is CCCNCc1cc(OC)ccc1OCCC(N)=O. The monoisotopic (exact) mass is 266 g/mol. The van der Waals surface area contributed by atoms with Crippen molar-refractivity contribution < 1.29 is 14.3 Å². The summed E-state index contributed by atoms with van der Waals surface area (Å²) in [5.74, 6) is 1.18. The van der Waals surface area contributed by atoms with Crippen LogP contribution in [0.15, 0.2) is 18.2 Å². The number of hydrogen-bond acceptors (Lipinski definition) is 4. The number of rotatable bonds is 9. The third kappa shape index (κ3) is 5.61. The van der Waals surface area contributed by atoms with E-state index in [-0.39, 0.29) is 12.3 Å². The zero-order chi connectivity index (χ0) is 14.1. The van der Waals surface area contributed by atoms with E-state index in [0.717, 1.165) is 30.0 Å². The molecule has 0 atom stereocenters. The highest BCUT2D eigenvalue weighted by atomic mass is 16.5. The molecule has 1 aromatic rings. The smallest absolute Gasteiger partial charge is 0.220 e. The standard InChI is InChI=1S/C14H22N2O3/c1-3-7-16-10-11-9-12(18-2)4-5-13(11)19-8-6-14(15)17/h4-5,9,16H,3,6-8,10H2,1-2H3,(H2,15,17). The van der Waals surface area contributed by atoms with Gasteiger partial charge < -0.3 is 20.5 Å². The lowest BCUT2D eigenvalue weighted by molar-refractivity contribution is -0.118. The average molecular weight is 266 g/mol. The molecule has 0 fully saturated rings. The normalized spacial score (nSPS) is 10.2. The van der Waals surface area contributed by atoms with Gasteiger partial charge in [0, 0.05) is 12.1 Å². The second-order valence-electron chi connectivity index (χ2n) is 4.22. The summed E-state index contributed by atoms with van der Waals surface area (Å²) in [6, 6.07) is 5.62. The van der Waals surface area contributed by atoms with Gasteiger partial charge in [0.2, 0.25) is 5.91 Å². The molecule has 0 saturated heterocycles. The number of nitrogens with two attached hydrogens (primary N) is 1. The van der Waals surface area contributed by atoms with Crippen LogP contribution in [0.3, 0.4) is 0 Å². The fourth-order valence-corrected chi connectivity index (χ4v) is 1.62. The summed E-state index contributed by atoms with van der Waals surface area (Å²) in [7, 11) is 1.63. The molecule has 0 bridgehead atoms. The number of benzene rings is 1. The molecule has 5 heteroatoms. The lowest BCUT2D eigenvalue weighted by Gasteiger charge is -2.13. The first-order chi connectivity index (χ1) is 9.17. The number of amides is 1. The van der Waals surface area contributed by atoms with Gasteiger partial charge in [0.15, 0.2) is 0 Å². The molecule has 1 rings (SSSR count). The van der Waals surface area contributed by atoms with E-state index >= 15 is 0 Å². The molecule has 0 heterocycles. The summed E-state index contributed by atoms with van der Waals surface area (Å²) >= 11 is 0. The molecule has 0 saturated carbocycles. The molecular formula is C14H22N2O3. The third-order valence-electron chi connectivity index (χ3n) is 2.62. The predicted octanol–water partition coefficient (Wildman–Crippen LogP) is 1.45. The van der Waals surface area contributed by atoms with Crippen molar-refractivity contribution in [3.63, 3.8) is 0 Å². The molecule has 1 amide bonds. The number of hydrogen-bond donors (Lipinski definition) is 2. The van der Waals surface area contributed by atoms with Crippen LogP contribution in [0.1, 0.15) is 25.3 Å². The summed E-state index contributed by atoms with van der Waals surface area (Å²) in [6.45, 7) is 4.06. The Morgan fingerprint density at radius 1 is 1.42 bits per heavy atom. The van der Waals surface area contributed by atoms with Gasteiger partial charge in [-0.1, -0.05) is 6.92 Å². The highest BCUT2D eigenvalue weighted by Crippen LogP contribution is 2.24. The topological polar surface area (TPSA) is 73.6 Å². The van der Waals surface area contributed by atoms with Crippen molar-refractivity contribution in [1.29, 1.82) is 0 Å². The molecule has 5 nitrogen and oxygen atoms in total. The fourth-order valence-electron chi connectivity index (χ4n) is 1.62. The van der Waals surface area contributed by atoms with Crippen LogP contribution in [-0.2, 0) is 11.3 Å². The Balaban J connectivity index is 2.67. The molecule has 3 N–H and O–H groups in total. The van der Waals surface area contributed by atoms with Crippen LogP contribution in [-0.4, -0.2) is 26.2 Å². The van der Waals surface area contributed by atoms with Crippen LogP contribution < -0.4 is 20.5 Å². The van der Waals surface area contributed by atoms with Gasteiger partial charge in [0.1, 0.15) is 11.5 Å². The van der Waals surface area contributed by atoms with Gasteiger partial charge in [-0.3, -0.25) is 4.79 Å². The molecule has 0 unspecified atom stereocenters. The molecule has 0 aliphatic carbocycles. The fraction of sp³-hybridized carbons (Fsp3) is 0.500. The summed E-state index contributed by atoms with van der Waals surface area (Å²) in [4.78, 5) is 10.7. The summed E-state index contributed by atoms with van der Waals surface area (Å²) in [5, 5.41) is 3.32. The van der Waals surface area contributed by atoms with E-state index in [1.165, 1.54) is 0 Å². The lowest BCUT2D eigenvalue weighted by Crippen LogP contribution is -2.17. The number of carbonyl (C=O) groups excluding carboxylic acids is 1. The Hall–Kier alpha value is -1.75. The molecular weight excluding hydrogens is 244 g/mol. The highest BCUT2D eigenvalue weighted by molar-refractivity contribution is 5.73. The largest absolute Gasteiger partial charge is 0.497 e. The van der Waals surface area contributed by atoms with Crippen molar-refractivity contribution in [2.45, 2.75) is 26.3 Å². The first-order valence-electron chi connectivity index (χ1n) is 6.46. The van der Waals surface area contributed by atoms with Crippen molar-refractivity contribution >= 4 is 5.91 Å². The van der Waals surface area contributed by atoms with Crippen LogP contribution in [0, 0.1) is 0 Å². The number of ether oxygens (including phenoxy) is 2. The third-order valence-corrected chi connectivity index (χ3v) is 2.62. The van der Waals surface area contributed by atoms with E-state index in [1.54, 1.807) is 7.11 Å². The predicted molar refractivity (Wildman–Crippen MR) is 74.3 cm³/mol. The number of nitrogens with one attached hydrogen (secondary N) is 1. The first-order valence-corrected chi connectivity index (χ1v) is 6.46. The molecule has 0 spiro atoms. The Labute approximate surface area is 114 Å². The molecule has 19 heavy (non-hydrogen) atoms. The van der Waals surface area contributed by atoms with E-state index in [9.17, 15) is 4.79 Å². The first kappa shape index (κ1) is 15.3. The number of methoxy groups -OCH3 is 1. The Bertz CT molecular complexity index is 408. The van der Waals surface area contributed by atoms with Crippen molar-refractivity contribution in [3.05, 3.63) is 23.8 Å². The van der Waals surface area contributed by atoms with Crippen LogP contribution in [0.2, 0.25) is 0 Å². The van der Waals surface area contributed by atoms with Gasteiger partial charge in [0.05, 0.1) is 20.1 Å².